The molecule has 0 aromatic heterocycles. The van der Waals surface area contributed by atoms with E-state index in [0.717, 1.165) is 17.4 Å². The maximum atomic E-state index is 10.9. The highest BCUT2D eigenvalue weighted by molar-refractivity contribution is 5.75. The van der Waals surface area contributed by atoms with E-state index in [9.17, 15) is 9.59 Å². The fourth-order valence-electron chi connectivity index (χ4n) is 1.89. The molecule has 0 heterocycles. The molecule has 0 fully saturated rings. The van der Waals surface area contributed by atoms with E-state index in [1.54, 1.807) is 43.3 Å². The van der Waals surface area contributed by atoms with Gasteiger partial charge in [-0.3, -0.25) is 9.59 Å². The minimum absolute atomic E-state index is 0.365. The van der Waals surface area contributed by atoms with Gasteiger partial charge < -0.3 is 9.84 Å². The zero-order chi connectivity index (χ0) is 15.2. The van der Waals surface area contributed by atoms with Gasteiger partial charge in [-0.2, -0.15) is 0 Å². The number of carboxylic acids is 1. The van der Waals surface area contributed by atoms with Crippen LogP contribution in [0.2, 0.25) is 0 Å². The van der Waals surface area contributed by atoms with Crippen molar-refractivity contribution in [1.82, 2.24) is 0 Å². The Morgan fingerprint density at radius 3 is 2.57 bits per heavy atom. The van der Waals surface area contributed by atoms with E-state index in [0.29, 0.717) is 17.9 Å². The molecule has 108 valence electrons. The maximum Gasteiger partial charge on any atom is 0.310 e. The van der Waals surface area contributed by atoms with Crippen molar-refractivity contribution in [3.05, 3.63) is 65.2 Å². The van der Waals surface area contributed by atoms with Crippen LogP contribution in [-0.2, 0) is 11.4 Å². The van der Waals surface area contributed by atoms with Crippen LogP contribution in [0.5, 0.6) is 5.75 Å². The van der Waals surface area contributed by atoms with Crippen LogP contribution in [0.1, 0.15) is 34.3 Å². The van der Waals surface area contributed by atoms with Crippen LogP contribution < -0.4 is 4.74 Å². The molecule has 0 spiro atoms. The van der Waals surface area contributed by atoms with Gasteiger partial charge in [0, 0.05) is 5.56 Å². The first-order valence-electron chi connectivity index (χ1n) is 6.60. The van der Waals surface area contributed by atoms with Crippen molar-refractivity contribution >= 4 is 12.3 Å². The number of carboxylic acid groups (broad SMARTS) is 1. The number of aliphatic carboxylic acids is 1. The third-order valence-electron chi connectivity index (χ3n) is 3.25. The summed E-state index contributed by atoms with van der Waals surface area (Å²) in [5, 5.41) is 8.95. The molecule has 4 nitrogen and oxygen atoms in total. The van der Waals surface area contributed by atoms with Crippen LogP contribution in [0, 0.1) is 0 Å². The monoisotopic (exact) mass is 284 g/mol. The van der Waals surface area contributed by atoms with Gasteiger partial charge in [-0.25, -0.2) is 0 Å². The summed E-state index contributed by atoms with van der Waals surface area (Å²) in [6.45, 7) is 2.02. The fourth-order valence-corrected chi connectivity index (χ4v) is 1.89. The number of rotatable bonds is 6. The molecule has 0 amide bonds. The van der Waals surface area contributed by atoms with Gasteiger partial charge in [0.05, 0.1) is 5.92 Å². The topological polar surface area (TPSA) is 63.6 Å². The molecule has 0 aliphatic rings. The van der Waals surface area contributed by atoms with Crippen molar-refractivity contribution in [2.24, 2.45) is 0 Å². The number of carbonyl (C=O) groups is 2. The summed E-state index contributed by atoms with van der Waals surface area (Å²) in [4.78, 5) is 21.6. The lowest BCUT2D eigenvalue weighted by Gasteiger charge is -2.09. The van der Waals surface area contributed by atoms with E-state index in [2.05, 4.69) is 0 Å². The van der Waals surface area contributed by atoms with E-state index >= 15 is 0 Å². The maximum absolute atomic E-state index is 10.9. The van der Waals surface area contributed by atoms with E-state index < -0.39 is 11.9 Å². The third-order valence-corrected chi connectivity index (χ3v) is 3.25. The highest BCUT2D eigenvalue weighted by Crippen LogP contribution is 2.18. The summed E-state index contributed by atoms with van der Waals surface area (Å²) >= 11 is 0. The molecule has 0 aliphatic carbocycles. The molecule has 21 heavy (non-hydrogen) atoms. The van der Waals surface area contributed by atoms with Gasteiger partial charge in [-0.1, -0.05) is 36.4 Å². The fraction of sp³-hybridized carbons (Fsp3) is 0.176. The Bertz CT molecular complexity index is 631. The smallest absolute Gasteiger partial charge is 0.310 e. The highest BCUT2D eigenvalue weighted by atomic mass is 16.5. The molecule has 4 heteroatoms. The molecule has 0 saturated carbocycles. The Morgan fingerprint density at radius 1 is 1.24 bits per heavy atom. The van der Waals surface area contributed by atoms with Crippen molar-refractivity contribution in [1.29, 1.82) is 0 Å². The number of hydrogen-bond donors (Lipinski definition) is 1. The first-order valence-corrected chi connectivity index (χ1v) is 6.60. The molecule has 0 bridgehead atoms. The van der Waals surface area contributed by atoms with E-state index in [1.165, 1.54) is 0 Å². The van der Waals surface area contributed by atoms with Gasteiger partial charge >= 0.3 is 5.97 Å². The lowest BCUT2D eigenvalue weighted by Crippen LogP contribution is -2.07. The van der Waals surface area contributed by atoms with Crippen molar-refractivity contribution < 1.29 is 19.4 Å². The molecule has 0 radical (unpaired) electrons. The molecule has 1 unspecified atom stereocenters. The Kier molecular flexibility index (Phi) is 4.72. The minimum Gasteiger partial charge on any atom is -0.489 e. The average Bonchev–Trinajstić information content (AvgIpc) is 2.53. The second-order valence-electron chi connectivity index (χ2n) is 4.78. The Balaban J connectivity index is 2.00. The van der Waals surface area contributed by atoms with Gasteiger partial charge in [0.25, 0.3) is 0 Å². The molecule has 0 aliphatic heterocycles. The summed E-state index contributed by atoms with van der Waals surface area (Å²) in [5.41, 5.74) is 2.26. The minimum atomic E-state index is -0.843. The number of aldehydes is 1. The van der Waals surface area contributed by atoms with Crippen LogP contribution >= 0.6 is 0 Å². The third kappa shape index (κ3) is 3.92. The molecule has 2 rings (SSSR count). The van der Waals surface area contributed by atoms with E-state index in [4.69, 9.17) is 9.84 Å². The van der Waals surface area contributed by atoms with Crippen LogP contribution in [-0.4, -0.2) is 17.4 Å². The van der Waals surface area contributed by atoms with Crippen LogP contribution in [0.25, 0.3) is 0 Å². The molecule has 2 aromatic rings. The van der Waals surface area contributed by atoms with Gasteiger partial charge in [-0.15, -0.1) is 0 Å². The lowest BCUT2D eigenvalue weighted by atomic mass is 10.0. The zero-order valence-electron chi connectivity index (χ0n) is 11.7. The Morgan fingerprint density at radius 2 is 1.95 bits per heavy atom. The second kappa shape index (κ2) is 6.70. The predicted octanol–water partition coefficient (Wildman–Crippen LogP) is 3.27. The van der Waals surface area contributed by atoms with Crippen LogP contribution in [0.3, 0.4) is 0 Å². The molecule has 1 N–H and O–H groups in total. The molecule has 0 saturated heterocycles. The largest absolute Gasteiger partial charge is 0.489 e. The van der Waals surface area contributed by atoms with Crippen molar-refractivity contribution in [3.8, 4) is 5.75 Å². The Hall–Kier alpha value is -2.62. The summed E-state index contributed by atoms with van der Waals surface area (Å²) < 4.78 is 5.61. The SMILES string of the molecule is CC(C(=O)O)c1ccc(COc2cccc(C=O)c2)cc1. The summed E-state index contributed by atoms with van der Waals surface area (Å²) in [5.74, 6) is -0.739. The highest BCUT2D eigenvalue weighted by Gasteiger charge is 2.12. The van der Waals surface area contributed by atoms with Crippen molar-refractivity contribution in [3.63, 3.8) is 0 Å². The molecule has 1 atom stereocenters. The first kappa shape index (κ1) is 14.8. The standard InChI is InChI=1S/C17H16O4/c1-12(17(19)20)15-7-5-13(6-8-15)11-21-16-4-2-3-14(9-16)10-18/h2-10,12H,11H2,1H3,(H,19,20). The second-order valence-corrected chi connectivity index (χ2v) is 4.78. The molecular weight excluding hydrogens is 268 g/mol. The summed E-state index contributed by atoms with van der Waals surface area (Å²) in [7, 11) is 0. The summed E-state index contributed by atoms with van der Waals surface area (Å²) in [6.07, 6.45) is 0.773. The van der Waals surface area contributed by atoms with Crippen LogP contribution in [0.15, 0.2) is 48.5 Å². The lowest BCUT2D eigenvalue weighted by molar-refractivity contribution is -0.138. The van der Waals surface area contributed by atoms with Crippen LogP contribution in [0.4, 0.5) is 0 Å². The van der Waals surface area contributed by atoms with Gasteiger partial charge in [0.15, 0.2) is 0 Å². The molecule has 2 aromatic carbocycles. The van der Waals surface area contributed by atoms with Gasteiger partial charge in [-0.05, 0) is 30.2 Å². The predicted molar refractivity (Wildman–Crippen MR) is 78.7 cm³/mol. The van der Waals surface area contributed by atoms with Crippen molar-refractivity contribution in [2.75, 3.05) is 0 Å². The van der Waals surface area contributed by atoms with E-state index in [-0.39, 0.29) is 0 Å². The number of benzene rings is 2. The normalized spacial score (nSPS) is 11.7. The quantitative estimate of drug-likeness (QED) is 0.827. The number of hydrogen-bond acceptors (Lipinski definition) is 3. The first-order chi connectivity index (χ1) is 10.1. The van der Waals surface area contributed by atoms with Gasteiger partial charge in [0.2, 0.25) is 0 Å². The van der Waals surface area contributed by atoms with Gasteiger partial charge in [0.1, 0.15) is 18.6 Å². The Labute approximate surface area is 123 Å². The van der Waals surface area contributed by atoms with Crippen molar-refractivity contribution in [2.45, 2.75) is 19.4 Å². The number of carbonyl (C=O) groups excluding carboxylic acids is 1. The average molecular weight is 284 g/mol. The van der Waals surface area contributed by atoms with E-state index in [1.807, 2.05) is 12.1 Å². The summed E-state index contributed by atoms with van der Waals surface area (Å²) in [6, 6.07) is 14.2. The number of ether oxygens (including phenoxy) is 1. The zero-order valence-corrected chi connectivity index (χ0v) is 11.7. The molecular formula is C17H16O4.